The van der Waals surface area contributed by atoms with Gasteiger partial charge in [-0.15, -0.1) is 0 Å². The maximum Gasteiger partial charge on any atom is 0.183 e. The highest BCUT2D eigenvalue weighted by Crippen LogP contribution is 2.47. The Balaban J connectivity index is 2.63. The van der Waals surface area contributed by atoms with Crippen LogP contribution in [0.3, 0.4) is 0 Å². The van der Waals surface area contributed by atoms with E-state index in [2.05, 4.69) is 0 Å². The van der Waals surface area contributed by atoms with Gasteiger partial charge in [-0.05, 0) is 18.9 Å². The first-order valence-corrected chi connectivity index (χ1v) is 8.02. The molecule has 19 heavy (non-hydrogen) atoms. The summed E-state index contributed by atoms with van der Waals surface area (Å²) in [5, 5.41) is 0. The number of halogens is 1. The third-order valence-corrected chi connectivity index (χ3v) is 5.05. The van der Waals surface area contributed by atoms with Crippen molar-refractivity contribution >= 4 is 9.84 Å². The van der Waals surface area contributed by atoms with Crippen molar-refractivity contribution in [2.24, 2.45) is 5.73 Å². The highest BCUT2D eigenvalue weighted by molar-refractivity contribution is 7.90. The van der Waals surface area contributed by atoms with Crippen LogP contribution in [0.15, 0.2) is 17.0 Å². The van der Waals surface area contributed by atoms with E-state index in [1.54, 1.807) is 6.07 Å². The van der Waals surface area contributed by atoms with Gasteiger partial charge in [-0.2, -0.15) is 0 Å². The lowest BCUT2D eigenvalue weighted by molar-refractivity contribution is 0.240. The molecule has 1 aromatic rings. The highest BCUT2D eigenvalue weighted by Gasteiger charge is 2.41. The van der Waals surface area contributed by atoms with Gasteiger partial charge in [0.05, 0.1) is 7.11 Å². The molecule has 106 valence electrons. The van der Waals surface area contributed by atoms with Gasteiger partial charge in [0.15, 0.2) is 21.4 Å². The molecule has 1 saturated carbocycles. The summed E-state index contributed by atoms with van der Waals surface area (Å²) in [6, 6.07) is 2.93. The van der Waals surface area contributed by atoms with E-state index in [4.69, 9.17) is 10.5 Å². The van der Waals surface area contributed by atoms with Crippen LogP contribution >= 0.6 is 0 Å². The molecule has 1 aliphatic rings. The molecule has 0 aliphatic heterocycles. The fourth-order valence-corrected chi connectivity index (χ4v) is 3.36. The Bertz CT molecular complexity index is 589. The van der Waals surface area contributed by atoms with Crippen molar-refractivity contribution in [2.45, 2.75) is 29.6 Å². The van der Waals surface area contributed by atoms with Crippen LogP contribution < -0.4 is 10.5 Å². The number of hydrogen-bond acceptors (Lipinski definition) is 4. The van der Waals surface area contributed by atoms with E-state index in [9.17, 15) is 12.8 Å². The van der Waals surface area contributed by atoms with Gasteiger partial charge in [-0.25, -0.2) is 12.8 Å². The first-order chi connectivity index (χ1) is 8.85. The predicted octanol–water partition coefficient (Wildman–Crippen LogP) is 1.62. The Morgan fingerprint density at radius 2 is 2.05 bits per heavy atom. The number of nitrogens with two attached hydrogens (primary N) is 1. The molecule has 4 nitrogen and oxygen atoms in total. The lowest BCUT2D eigenvalue weighted by atomic mass is 9.64. The summed E-state index contributed by atoms with van der Waals surface area (Å²) in [4.78, 5) is -0.334. The Hall–Kier alpha value is -1.14. The summed E-state index contributed by atoms with van der Waals surface area (Å²) >= 11 is 0. The fourth-order valence-electron chi connectivity index (χ4n) is 2.63. The molecule has 0 unspecified atom stereocenters. The number of hydrogen-bond donors (Lipinski definition) is 1. The molecule has 0 amide bonds. The zero-order chi connectivity index (χ0) is 14.3. The molecule has 0 heterocycles. The molecule has 2 rings (SSSR count). The van der Waals surface area contributed by atoms with E-state index in [1.165, 1.54) is 13.2 Å². The molecular formula is C13H18FNO3S. The van der Waals surface area contributed by atoms with Gasteiger partial charge < -0.3 is 10.5 Å². The number of methoxy groups -OCH3 is 1. The van der Waals surface area contributed by atoms with Crippen LogP contribution in [-0.2, 0) is 15.3 Å². The summed E-state index contributed by atoms with van der Waals surface area (Å²) in [5.74, 6) is -0.810. The van der Waals surface area contributed by atoms with Gasteiger partial charge in [0.2, 0.25) is 0 Å². The summed E-state index contributed by atoms with van der Waals surface area (Å²) in [6.07, 6.45) is 3.76. The molecule has 6 heteroatoms. The fraction of sp³-hybridized carbons (Fsp3) is 0.538. The number of ether oxygens (including phenoxy) is 1. The first-order valence-electron chi connectivity index (χ1n) is 6.13. The minimum absolute atomic E-state index is 0.00748. The van der Waals surface area contributed by atoms with Crippen molar-refractivity contribution in [3.63, 3.8) is 0 Å². The average molecular weight is 287 g/mol. The van der Waals surface area contributed by atoms with Gasteiger partial charge in [-0.1, -0.05) is 12.5 Å². The SMILES string of the molecule is COc1c(C2(CN)CCC2)ccc(S(C)(=O)=O)c1F. The average Bonchev–Trinajstić information content (AvgIpc) is 2.27. The minimum Gasteiger partial charge on any atom is -0.493 e. The predicted molar refractivity (Wildman–Crippen MR) is 70.6 cm³/mol. The van der Waals surface area contributed by atoms with Crippen LogP contribution in [0.1, 0.15) is 24.8 Å². The Morgan fingerprint density at radius 1 is 1.42 bits per heavy atom. The summed E-state index contributed by atoms with van der Waals surface area (Å²) in [5.41, 5.74) is 6.20. The van der Waals surface area contributed by atoms with Gasteiger partial charge in [0.25, 0.3) is 0 Å². The maximum absolute atomic E-state index is 14.3. The smallest absolute Gasteiger partial charge is 0.183 e. The maximum atomic E-state index is 14.3. The molecule has 1 aliphatic carbocycles. The Labute approximate surface area is 112 Å². The summed E-state index contributed by atoms with van der Waals surface area (Å²) in [6.45, 7) is 0.404. The molecule has 0 bridgehead atoms. The molecule has 0 spiro atoms. The Kier molecular flexibility index (Phi) is 3.57. The standard InChI is InChI=1S/C13H18FNO3S/c1-18-12-9(13(8-15)6-3-7-13)4-5-10(11(12)14)19(2,16)17/h4-5H,3,6-8,15H2,1-2H3. The highest BCUT2D eigenvalue weighted by atomic mass is 32.2. The molecule has 0 radical (unpaired) electrons. The van der Waals surface area contributed by atoms with Gasteiger partial charge in [0, 0.05) is 23.8 Å². The van der Waals surface area contributed by atoms with Crippen LogP contribution in [0.4, 0.5) is 4.39 Å². The monoisotopic (exact) mass is 287 g/mol. The molecule has 0 atom stereocenters. The van der Waals surface area contributed by atoms with Gasteiger partial charge in [-0.3, -0.25) is 0 Å². The number of sulfone groups is 1. The van der Waals surface area contributed by atoms with Gasteiger partial charge >= 0.3 is 0 Å². The normalized spacial score (nSPS) is 17.9. The summed E-state index contributed by atoms with van der Waals surface area (Å²) in [7, 11) is -2.27. The van der Waals surface area contributed by atoms with Crippen molar-refractivity contribution < 1.29 is 17.5 Å². The topological polar surface area (TPSA) is 69.4 Å². The summed E-state index contributed by atoms with van der Waals surface area (Å²) < 4.78 is 42.4. The quantitative estimate of drug-likeness (QED) is 0.913. The second kappa shape index (κ2) is 4.76. The van der Waals surface area contributed by atoms with Crippen LogP contribution in [0.25, 0.3) is 0 Å². The van der Waals surface area contributed by atoms with E-state index >= 15 is 0 Å². The minimum atomic E-state index is -3.61. The largest absolute Gasteiger partial charge is 0.493 e. The third-order valence-electron chi connectivity index (χ3n) is 3.94. The van der Waals surface area contributed by atoms with E-state index in [0.717, 1.165) is 25.5 Å². The molecule has 1 fully saturated rings. The van der Waals surface area contributed by atoms with E-state index in [1.807, 2.05) is 0 Å². The van der Waals surface area contributed by atoms with E-state index < -0.39 is 15.7 Å². The van der Waals surface area contributed by atoms with Crippen LogP contribution in [0.5, 0.6) is 5.75 Å². The van der Waals surface area contributed by atoms with Crippen molar-refractivity contribution in [1.82, 2.24) is 0 Å². The van der Waals surface area contributed by atoms with Crippen LogP contribution in [-0.4, -0.2) is 28.3 Å². The first kappa shape index (κ1) is 14.3. The number of benzene rings is 1. The van der Waals surface area contributed by atoms with Crippen molar-refractivity contribution in [1.29, 1.82) is 0 Å². The van der Waals surface area contributed by atoms with Crippen molar-refractivity contribution in [2.75, 3.05) is 19.9 Å². The molecule has 1 aromatic carbocycles. The lowest BCUT2D eigenvalue weighted by Gasteiger charge is -2.42. The zero-order valence-electron chi connectivity index (χ0n) is 11.1. The van der Waals surface area contributed by atoms with E-state index in [0.29, 0.717) is 12.1 Å². The molecule has 2 N–H and O–H groups in total. The second-order valence-electron chi connectivity index (χ2n) is 5.07. The molecule has 0 aromatic heterocycles. The lowest BCUT2D eigenvalue weighted by Crippen LogP contribution is -2.42. The molecular weight excluding hydrogens is 269 g/mol. The number of rotatable bonds is 4. The van der Waals surface area contributed by atoms with Crippen molar-refractivity contribution in [3.8, 4) is 5.75 Å². The van der Waals surface area contributed by atoms with Crippen LogP contribution in [0.2, 0.25) is 0 Å². The van der Waals surface area contributed by atoms with Crippen molar-refractivity contribution in [3.05, 3.63) is 23.5 Å². The molecule has 0 saturated heterocycles. The van der Waals surface area contributed by atoms with Gasteiger partial charge in [0.1, 0.15) is 4.90 Å². The van der Waals surface area contributed by atoms with E-state index in [-0.39, 0.29) is 16.1 Å². The zero-order valence-corrected chi connectivity index (χ0v) is 11.9. The Morgan fingerprint density at radius 3 is 2.42 bits per heavy atom. The van der Waals surface area contributed by atoms with Crippen LogP contribution in [0, 0.1) is 5.82 Å². The third kappa shape index (κ3) is 2.23. The second-order valence-corrected chi connectivity index (χ2v) is 7.05.